The fourth-order valence-electron chi connectivity index (χ4n) is 1.90. The molecule has 1 saturated carbocycles. The maximum Gasteiger partial charge on any atom is 0.213 e. The SMILES string of the molecule is CC1(NS(=O)(=O)CCN2CCNCC2)CC1. The van der Waals surface area contributed by atoms with Gasteiger partial charge in [0.25, 0.3) is 0 Å². The molecule has 0 aromatic rings. The molecule has 94 valence electrons. The van der Waals surface area contributed by atoms with Crippen molar-refractivity contribution in [2.24, 2.45) is 0 Å². The summed E-state index contributed by atoms with van der Waals surface area (Å²) >= 11 is 0. The Labute approximate surface area is 97.6 Å². The second-order valence-corrected chi connectivity index (χ2v) is 6.92. The Balaban J connectivity index is 1.75. The lowest BCUT2D eigenvalue weighted by Crippen LogP contribution is -2.46. The Bertz CT molecular complexity index is 332. The molecule has 0 spiro atoms. The Hall–Kier alpha value is -0.170. The van der Waals surface area contributed by atoms with Crippen molar-refractivity contribution in [3.05, 3.63) is 0 Å². The quantitative estimate of drug-likeness (QED) is 0.679. The minimum atomic E-state index is -3.09. The van der Waals surface area contributed by atoms with Crippen LogP contribution in [0.25, 0.3) is 0 Å². The number of hydrogen-bond donors (Lipinski definition) is 2. The van der Waals surface area contributed by atoms with Crippen molar-refractivity contribution in [2.45, 2.75) is 25.3 Å². The van der Waals surface area contributed by atoms with Crippen LogP contribution in [0.3, 0.4) is 0 Å². The van der Waals surface area contributed by atoms with E-state index in [2.05, 4.69) is 14.9 Å². The van der Waals surface area contributed by atoms with Gasteiger partial charge in [0.05, 0.1) is 5.75 Å². The summed E-state index contributed by atoms with van der Waals surface area (Å²) in [5.41, 5.74) is -0.137. The highest BCUT2D eigenvalue weighted by Crippen LogP contribution is 2.34. The minimum absolute atomic E-state index is 0.137. The maximum atomic E-state index is 11.8. The lowest BCUT2D eigenvalue weighted by Gasteiger charge is -2.27. The second-order valence-electron chi connectivity index (χ2n) is 5.07. The number of piperazine rings is 1. The zero-order valence-corrected chi connectivity index (χ0v) is 10.6. The maximum absolute atomic E-state index is 11.8. The van der Waals surface area contributed by atoms with E-state index in [0.717, 1.165) is 39.0 Å². The Morgan fingerprint density at radius 3 is 2.50 bits per heavy atom. The molecular formula is C10H21N3O2S. The van der Waals surface area contributed by atoms with E-state index in [9.17, 15) is 8.42 Å². The van der Waals surface area contributed by atoms with Crippen LogP contribution in [0.1, 0.15) is 19.8 Å². The van der Waals surface area contributed by atoms with Gasteiger partial charge in [0, 0.05) is 38.3 Å². The van der Waals surface area contributed by atoms with Crippen LogP contribution >= 0.6 is 0 Å². The highest BCUT2D eigenvalue weighted by Gasteiger charge is 2.40. The van der Waals surface area contributed by atoms with Crippen molar-refractivity contribution in [1.82, 2.24) is 14.9 Å². The van der Waals surface area contributed by atoms with E-state index in [1.54, 1.807) is 0 Å². The van der Waals surface area contributed by atoms with Gasteiger partial charge in [-0.15, -0.1) is 0 Å². The minimum Gasteiger partial charge on any atom is -0.314 e. The molecule has 2 N–H and O–H groups in total. The molecule has 2 fully saturated rings. The van der Waals surface area contributed by atoms with Gasteiger partial charge in [-0.05, 0) is 19.8 Å². The fraction of sp³-hybridized carbons (Fsp3) is 1.00. The molecule has 16 heavy (non-hydrogen) atoms. The third-order valence-electron chi connectivity index (χ3n) is 3.29. The van der Waals surface area contributed by atoms with Crippen LogP contribution in [0.5, 0.6) is 0 Å². The van der Waals surface area contributed by atoms with Crippen molar-refractivity contribution in [2.75, 3.05) is 38.5 Å². The van der Waals surface area contributed by atoms with E-state index >= 15 is 0 Å². The van der Waals surface area contributed by atoms with Crippen LogP contribution in [0.15, 0.2) is 0 Å². The predicted molar refractivity (Wildman–Crippen MR) is 63.9 cm³/mol. The smallest absolute Gasteiger partial charge is 0.213 e. The lowest BCUT2D eigenvalue weighted by molar-refractivity contribution is 0.253. The molecule has 1 heterocycles. The van der Waals surface area contributed by atoms with Crippen molar-refractivity contribution >= 4 is 10.0 Å². The molecule has 2 rings (SSSR count). The third kappa shape index (κ3) is 3.69. The van der Waals surface area contributed by atoms with Gasteiger partial charge in [-0.3, -0.25) is 4.90 Å². The predicted octanol–water partition coefficient (Wildman–Crippen LogP) is -0.636. The molecule has 0 aromatic carbocycles. The summed E-state index contributed by atoms with van der Waals surface area (Å²) in [6.07, 6.45) is 1.94. The van der Waals surface area contributed by atoms with Gasteiger partial charge in [0.2, 0.25) is 10.0 Å². The number of sulfonamides is 1. The standard InChI is InChI=1S/C10H21N3O2S/c1-10(2-3-10)12-16(14,15)9-8-13-6-4-11-5-7-13/h11-12H,2-9H2,1H3. The normalized spacial score (nSPS) is 25.6. The van der Waals surface area contributed by atoms with Crippen molar-refractivity contribution < 1.29 is 8.42 Å². The number of nitrogens with zero attached hydrogens (tertiary/aromatic N) is 1. The van der Waals surface area contributed by atoms with Gasteiger partial charge < -0.3 is 5.32 Å². The molecule has 0 unspecified atom stereocenters. The van der Waals surface area contributed by atoms with Gasteiger partial charge in [0.15, 0.2) is 0 Å². The molecule has 1 saturated heterocycles. The highest BCUT2D eigenvalue weighted by atomic mass is 32.2. The Kier molecular flexibility index (Phi) is 3.53. The van der Waals surface area contributed by atoms with Crippen molar-refractivity contribution in [1.29, 1.82) is 0 Å². The summed E-state index contributed by atoms with van der Waals surface area (Å²) in [4.78, 5) is 2.20. The highest BCUT2D eigenvalue weighted by molar-refractivity contribution is 7.89. The van der Waals surface area contributed by atoms with Crippen LogP contribution in [0.4, 0.5) is 0 Å². The average molecular weight is 247 g/mol. The third-order valence-corrected chi connectivity index (χ3v) is 4.81. The second kappa shape index (κ2) is 4.60. The summed E-state index contributed by atoms with van der Waals surface area (Å²) in [6, 6.07) is 0. The van der Waals surface area contributed by atoms with Gasteiger partial charge in [-0.2, -0.15) is 0 Å². The van der Waals surface area contributed by atoms with E-state index in [0.29, 0.717) is 6.54 Å². The first-order valence-corrected chi connectivity index (χ1v) is 7.59. The molecular weight excluding hydrogens is 226 g/mol. The average Bonchev–Trinajstić information content (AvgIpc) is 2.94. The topological polar surface area (TPSA) is 61.4 Å². The number of hydrogen-bond acceptors (Lipinski definition) is 4. The van der Waals surface area contributed by atoms with E-state index in [1.807, 2.05) is 6.92 Å². The molecule has 0 atom stereocenters. The summed E-state index contributed by atoms with van der Waals surface area (Å²) in [7, 11) is -3.09. The number of nitrogens with one attached hydrogen (secondary N) is 2. The molecule has 2 aliphatic rings. The van der Waals surface area contributed by atoms with Gasteiger partial charge in [-0.25, -0.2) is 13.1 Å². The summed E-state index contributed by atoms with van der Waals surface area (Å²) in [5.74, 6) is 0.225. The molecule has 0 radical (unpaired) electrons. The van der Waals surface area contributed by atoms with E-state index in [-0.39, 0.29) is 11.3 Å². The van der Waals surface area contributed by atoms with Crippen molar-refractivity contribution in [3.63, 3.8) is 0 Å². The van der Waals surface area contributed by atoms with Crippen LogP contribution < -0.4 is 10.0 Å². The molecule has 6 heteroatoms. The summed E-state index contributed by atoms with van der Waals surface area (Å²) < 4.78 is 26.3. The molecule has 0 amide bonds. The van der Waals surface area contributed by atoms with Crippen molar-refractivity contribution in [3.8, 4) is 0 Å². The monoisotopic (exact) mass is 247 g/mol. The molecule has 0 aromatic heterocycles. The van der Waals surface area contributed by atoms with Crippen LogP contribution in [0, 0.1) is 0 Å². The zero-order valence-electron chi connectivity index (χ0n) is 9.83. The largest absolute Gasteiger partial charge is 0.314 e. The van der Waals surface area contributed by atoms with Gasteiger partial charge in [0.1, 0.15) is 0 Å². The zero-order chi connectivity index (χ0) is 11.6. The Morgan fingerprint density at radius 1 is 1.31 bits per heavy atom. The van der Waals surface area contributed by atoms with E-state index in [1.165, 1.54) is 0 Å². The lowest BCUT2D eigenvalue weighted by atomic mass is 10.4. The fourth-order valence-corrected chi connectivity index (χ4v) is 3.46. The number of rotatable bonds is 5. The first kappa shape index (κ1) is 12.3. The summed E-state index contributed by atoms with van der Waals surface area (Å²) in [6.45, 7) is 6.44. The molecule has 1 aliphatic carbocycles. The van der Waals surface area contributed by atoms with Crippen LogP contribution in [0.2, 0.25) is 0 Å². The molecule has 5 nitrogen and oxygen atoms in total. The summed E-state index contributed by atoms with van der Waals surface area (Å²) in [5, 5.41) is 3.25. The van der Waals surface area contributed by atoms with Gasteiger partial charge in [-0.1, -0.05) is 0 Å². The first-order chi connectivity index (χ1) is 7.49. The molecule has 0 bridgehead atoms. The molecule has 1 aliphatic heterocycles. The first-order valence-electron chi connectivity index (χ1n) is 5.94. The van der Waals surface area contributed by atoms with Gasteiger partial charge >= 0.3 is 0 Å². The van der Waals surface area contributed by atoms with E-state index < -0.39 is 10.0 Å². The van der Waals surface area contributed by atoms with E-state index in [4.69, 9.17) is 0 Å². The van der Waals surface area contributed by atoms with Crippen LogP contribution in [-0.2, 0) is 10.0 Å². The van der Waals surface area contributed by atoms with Crippen LogP contribution in [-0.4, -0.2) is 57.3 Å². The Morgan fingerprint density at radius 2 is 1.94 bits per heavy atom.